The van der Waals surface area contributed by atoms with Crippen LogP contribution in [0, 0.1) is 5.82 Å². The summed E-state index contributed by atoms with van der Waals surface area (Å²) in [7, 11) is 0. The molecule has 0 saturated heterocycles. The maximum absolute atomic E-state index is 13.3. The lowest BCUT2D eigenvalue weighted by molar-refractivity contribution is 0.224. The van der Waals surface area contributed by atoms with Gasteiger partial charge in [-0.05, 0) is 30.7 Å². The van der Waals surface area contributed by atoms with Crippen molar-refractivity contribution in [3.8, 4) is 0 Å². The number of benzene rings is 2. The third-order valence-electron chi connectivity index (χ3n) is 3.15. The quantitative estimate of drug-likeness (QED) is 0.741. The van der Waals surface area contributed by atoms with Crippen LogP contribution in [0.25, 0.3) is 0 Å². The smallest absolute Gasteiger partial charge is 0.125 e. The van der Waals surface area contributed by atoms with Crippen LogP contribution in [0.2, 0.25) is 0 Å². The van der Waals surface area contributed by atoms with E-state index in [1.165, 1.54) is 18.2 Å². The fourth-order valence-corrected chi connectivity index (χ4v) is 1.94. The lowest BCUT2D eigenvalue weighted by atomic mass is 9.92. The van der Waals surface area contributed by atoms with E-state index < -0.39 is 5.54 Å². The highest BCUT2D eigenvalue weighted by molar-refractivity contribution is 5.67. The number of nitrogen functional groups attached to an aromatic ring is 1. The maximum atomic E-state index is 13.3. The van der Waals surface area contributed by atoms with Gasteiger partial charge in [0.05, 0.1) is 23.5 Å². The first-order valence-electron chi connectivity index (χ1n) is 6.05. The van der Waals surface area contributed by atoms with Crippen molar-refractivity contribution in [1.82, 2.24) is 0 Å². The largest absolute Gasteiger partial charge is 0.397 e. The summed E-state index contributed by atoms with van der Waals surface area (Å²) >= 11 is 0. The van der Waals surface area contributed by atoms with Crippen molar-refractivity contribution in [2.75, 3.05) is 17.7 Å². The Morgan fingerprint density at radius 3 is 2.53 bits per heavy atom. The minimum absolute atomic E-state index is 0.132. The van der Waals surface area contributed by atoms with Gasteiger partial charge < -0.3 is 16.2 Å². The van der Waals surface area contributed by atoms with E-state index in [1.807, 2.05) is 37.3 Å². The Bertz CT molecular complexity index is 559. The molecule has 1 unspecified atom stereocenters. The van der Waals surface area contributed by atoms with Crippen LogP contribution < -0.4 is 11.1 Å². The lowest BCUT2D eigenvalue weighted by Gasteiger charge is -2.31. The zero-order chi connectivity index (χ0) is 13.9. The van der Waals surface area contributed by atoms with Crippen LogP contribution >= 0.6 is 0 Å². The number of aliphatic hydroxyl groups excluding tert-OH is 1. The Labute approximate surface area is 111 Å². The number of nitrogens with one attached hydrogen (secondary N) is 1. The number of nitrogens with two attached hydrogens (primary N) is 1. The number of anilines is 2. The Kier molecular flexibility index (Phi) is 3.71. The van der Waals surface area contributed by atoms with Crippen LogP contribution in [0.15, 0.2) is 48.5 Å². The first-order chi connectivity index (χ1) is 9.05. The SMILES string of the molecule is CC(CO)(Nc1cc(F)ccc1N)c1ccccc1. The number of rotatable bonds is 4. The standard InChI is InChI=1S/C15H17FN2O/c1-15(10-19,11-5-3-2-4-6-11)18-14-9-12(16)7-8-13(14)17/h2-9,18-19H,10,17H2,1H3. The maximum Gasteiger partial charge on any atom is 0.125 e. The average Bonchev–Trinajstić information content (AvgIpc) is 2.44. The Hall–Kier alpha value is -2.07. The third-order valence-corrected chi connectivity index (χ3v) is 3.15. The zero-order valence-electron chi connectivity index (χ0n) is 10.7. The number of aliphatic hydroxyl groups is 1. The van der Waals surface area contributed by atoms with E-state index in [2.05, 4.69) is 5.32 Å². The summed E-state index contributed by atoms with van der Waals surface area (Å²) in [5, 5.41) is 12.8. The van der Waals surface area contributed by atoms with Crippen LogP contribution in [0.1, 0.15) is 12.5 Å². The van der Waals surface area contributed by atoms with Crippen molar-refractivity contribution in [3.63, 3.8) is 0 Å². The Morgan fingerprint density at radius 2 is 1.89 bits per heavy atom. The van der Waals surface area contributed by atoms with Gasteiger partial charge in [-0.25, -0.2) is 4.39 Å². The minimum Gasteiger partial charge on any atom is -0.397 e. The molecule has 2 aromatic rings. The predicted molar refractivity (Wildman–Crippen MR) is 75.3 cm³/mol. The molecule has 3 nitrogen and oxygen atoms in total. The minimum atomic E-state index is -0.719. The fourth-order valence-electron chi connectivity index (χ4n) is 1.94. The zero-order valence-corrected chi connectivity index (χ0v) is 10.7. The van der Waals surface area contributed by atoms with Gasteiger partial charge in [0.1, 0.15) is 5.82 Å². The summed E-state index contributed by atoms with van der Waals surface area (Å²) < 4.78 is 13.3. The molecule has 0 aliphatic carbocycles. The lowest BCUT2D eigenvalue weighted by Crippen LogP contribution is -2.36. The van der Waals surface area contributed by atoms with Crippen molar-refractivity contribution in [1.29, 1.82) is 0 Å². The second-order valence-corrected chi connectivity index (χ2v) is 4.71. The summed E-state index contributed by atoms with van der Waals surface area (Å²) in [5.74, 6) is -0.370. The Morgan fingerprint density at radius 1 is 1.21 bits per heavy atom. The molecule has 0 aliphatic heterocycles. The van der Waals surface area contributed by atoms with Crippen LogP contribution in [0.5, 0.6) is 0 Å². The molecule has 0 amide bonds. The molecule has 2 rings (SSSR count). The molecule has 0 aliphatic rings. The topological polar surface area (TPSA) is 58.3 Å². The highest BCUT2D eigenvalue weighted by Gasteiger charge is 2.26. The summed E-state index contributed by atoms with van der Waals surface area (Å²) in [5.41, 5.74) is 6.92. The normalized spacial score (nSPS) is 13.8. The van der Waals surface area contributed by atoms with Gasteiger partial charge in [-0.15, -0.1) is 0 Å². The van der Waals surface area contributed by atoms with E-state index in [0.717, 1.165) is 5.56 Å². The van der Waals surface area contributed by atoms with Crippen molar-refractivity contribution in [3.05, 3.63) is 59.9 Å². The molecule has 0 heterocycles. The van der Waals surface area contributed by atoms with Crippen LogP contribution in [0.4, 0.5) is 15.8 Å². The summed E-state index contributed by atoms with van der Waals surface area (Å²) in [6.07, 6.45) is 0. The second-order valence-electron chi connectivity index (χ2n) is 4.71. The molecule has 2 aromatic carbocycles. The van der Waals surface area contributed by atoms with Gasteiger partial charge in [-0.2, -0.15) is 0 Å². The molecule has 1 atom stereocenters. The van der Waals surface area contributed by atoms with E-state index in [9.17, 15) is 9.50 Å². The molecule has 0 bridgehead atoms. The van der Waals surface area contributed by atoms with Gasteiger partial charge in [0.15, 0.2) is 0 Å². The first kappa shape index (κ1) is 13.4. The van der Waals surface area contributed by atoms with Gasteiger partial charge >= 0.3 is 0 Å². The average molecular weight is 260 g/mol. The molecule has 0 spiro atoms. The molecule has 4 heteroatoms. The van der Waals surface area contributed by atoms with Crippen LogP contribution in [-0.2, 0) is 5.54 Å². The number of hydrogen-bond donors (Lipinski definition) is 3. The molecule has 4 N–H and O–H groups in total. The first-order valence-corrected chi connectivity index (χ1v) is 6.05. The van der Waals surface area contributed by atoms with E-state index in [4.69, 9.17) is 5.73 Å². The molecular formula is C15H17FN2O. The summed E-state index contributed by atoms with van der Waals surface area (Å²) in [6.45, 7) is 1.71. The highest BCUT2D eigenvalue weighted by atomic mass is 19.1. The molecule has 0 aromatic heterocycles. The van der Waals surface area contributed by atoms with Gasteiger partial charge in [0.25, 0.3) is 0 Å². The highest BCUT2D eigenvalue weighted by Crippen LogP contribution is 2.29. The molecule has 100 valence electrons. The van der Waals surface area contributed by atoms with Crippen LogP contribution in [0.3, 0.4) is 0 Å². The van der Waals surface area contributed by atoms with Crippen molar-refractivity contribution in [2.24, 2.45) is 0 Å². The molecule has 0 radical (unpaired) electrons. The van der Waals surface area contributed by atoms with Gasteiger partial charge in [-0.1, -0.05) is 30.3 Å². The van der Waals surface area contributed by atoms with Gasteiger partial charge in [-0.3, -0.25) is 0 Å². The van der Waals surface area contributed by atoms with Crippen LogP contribution in [-0.4, -0.2) is 11.7 Å². The predicted octanol–water partition coefficient (Wildman–Crippen LogP) is 2.73. The second kappa shape index (κ2) is 5.28. The van der Waals surface area contributed by atoms with Gasteiger partial charge in [0, 0.05) is 0 Å². The molecule has 0 saturated carbocycles. The molecular weight excluding hydrogens is 243 g/mol. The van der Waals surface area contributed by atoms with E-state index in [-0.39, 0.29) is 12.4 Å². The van der Waals surface area contributed by atoms with E-state index in [1.54, 1.807) is 0 Å². The van der Waals surface area contributed by atoms with E-state index >= 15 is 0 Å². The molecule has 19 heavy (non-hydrogen) atoms. The summed E-state index contributed by atoms with van der Waals surface area (Å²) in [4.78, 5) is 0. The van der Waals surface area contributed by atoms with Crippen molar-refractivity contribution < 1.29 is 9.50 Å². The number of hydrogen-bond acceptors (Lipinski definition) is 3. The number of halogens is 1. The Balaban J connectivity index is 2.36. The van der Waals surface area contributed by atoms with Gasteiger partial charge in [0.2, 0.25) is 0 Å². The molecule has 0 fully saturated rings. The monoisotopic (exact) mass is 260 g/mol. The van der Waals surface area contributed by atoms with Crippen molar-refractivity contribution >= 4 is 11.4 Å². The third kappa shape index (κ3) is 2.85. The van der Waals surface area contributed by atoms with E-state index in [0.29, 0.717) is 11.4 Å². The van der Waals surface area contributed by atoms with Crippen molar-refractivity contribution in [2.45, 2.75) is 12.5 Å². The summed E-state index contributed by atoms with van der Waals surface area (Å²) in [6, 6.07) is 13.6. The fraction of sp³-hybridized carbons (Fsp3) is 0.200.